The van der Waals surface area contributed by atoms with Gasteiger partial charge in [-0.15, -0.1) is 0 Å². The quantitative estimate of drug-likeness (QED) is 0.636. The molecule has 4 rings (SSSR count). The van der Waals surface area contributed by atoms with Gasteiger partial charge in [0.15, 0.2) is 5.76 Å². The zero-order chi connectivity index (χ0) is 19.1. The molecule has 2 heterocycles. The molecule has 5 heteroatoms. The number of rotatable bonds is 4. The summed E-state index contributed by atoms with van der Waals surface area (Å²) in [5.74, 6) is 2.26. The van der Waals surface area contributed by atoms with Crippen LogP contribution in [-0.4, -0.2) is 24.6 Å². The number of fused-ring (bicyclic) bond motifs is 2. The van der Waals surface area contributed by atoms with Crippen LogP contribution in [0.5, 0.6) is 17.2 Å². The standard InChI is InChI=1S/C22H21NO4/c1-5-23-12-14(17-11-15(25-3)6-8-18(17)23)10-20-21(24)16-7-9-19(26-4)13(2)22(16)27-20/h6-12H,5H2,1-4H3. The van der Waals surface area contributed by atoms with Crippen LogP contribution < -0.4 is 14.2 Å². The molecule has 1 aromatic heterocycles. The number of Topliss-reactive ketones (excluding diaryl/α,β-unsaturated/α-hetero) is 1. The highest BCUT2D eigenvalue weighted by atomic mass is 16.5. The van der Waals surface area contributed by atoms with Crippen molar-refractivity contribution in [3.05, 3.63) is 59.0 Å². The van der Waals surface area contributed by atoms with E-state index in [-0.39, 0.29) is 5.78 Å². The van der Waals surface area contributed by atoms with E-state index in [1.165, 1.54) is 0 Å². The van der Waals surface area contributed by atoms with Gasteiger partial charge in [0.05, 0.1) is 19.8 Å². The molecule has 1 aliphatic heterocycles. The Kier molecular flexibility index (Phi) is 4.15. The summed E-state index contributed by atoms with van der Waals surface area (Å²) in [5, 5.41) is 1.02. The van der Waals surface area contributed by atoms with Crippen molar-refractivity contribution in [2.45, 2.75) is 20.4 Å². The van der Waals surface area contributed by atoms with Gasteiger partial charge in [0, 0.05) is 34.8 Å². The van der Waals surface area contributed by atoms with Gasteiger partial charge in [0.1, 0.15) is 17.2 Å². The first-order chi connectivity index (χ1) is 13.1. The average molecular weight is 363 g/mol. The molecular weight excluding hydrogens is 342 g/mol. The van der Waals surface area contributed by atoms with Crippen molar-refractivity contribution in [3.8, 4) is 17.2 Å². The molecule has 0 spiro atoms. The third kappa shape index (κ3) is 2.67. The third-order valence-electron chi connectivity index (χ3n) is 5.00. The van der Waals surface area contributed by atoms with Gasteiger partial charge >= 0.3 is 0 Å². The van der Waals surface area contributed by atoms with Crippen molar-refractivity contribution >= 4 is 22.8 Å². The van der Waals surface area contributed by atoms with Crippen molar-refractivity contribution in [1.29, 1.82) is 0 Å². The van der Waals surface area contributed by atoms with Crippen LogP contribution in [0.25, 0.3) is 17.0 Å². The van der Waals surface area contributed by atoms with Crippen LogP contribution in [0.1, 0.15) is 28.4 Å². The van der Waals surface area contributed by atoms with E-state index in [1.54, 1.807) is 26.4 Å². The minimum atomic E-state index is -0.115. The summed E-state index contributed by atoms with van der Waals surface area (Å²) in [6.07, 6.45) is 3.84. The molecule has 1 aliphatic rings. The van der Waals surface area contributed by atoms with E-state index in [9.17, 15) is 4.79 Å². The summed E-state index contributed by atoms with van der Waals surface area (Å²) in [5.41, 5.74) is 3.40. The monoisotopic (exact) mass is 363 g/mol. The molecule has 5 nitrogen and oxygen atoms in total. The van der Waals surface area contributed by atoms with Crippen LogP contribution in [0.4, 0.5) is 0 Å². The lowest BCUT2D eigenvalue weighted by molar-refractivity contribution is 0.101. The number of carbonyl (C=O) groups is 1. The number of ether oxygens (including phenoxy) is 3. The van der Waals surface area contributed by atoms with E-state index in [1.807, 2.05) is 37.4 Å². The summed E-state index contributed by atoms with van der Waals surface area (Å²) in [4.78, 5) is 12.8. The van der Waals surface area contributed by atoms with E-state index in [0.29, 0.717) is 22.8 Å². The predicted octanol–water partition coefficient (Wildman–Crippen LogP) is 4.60. The van der Waals surface area contributed by atoms with Crippen molar-refractivity contribution in [2.75, 3.05) is 14.2 Å². The van der Waals surface area contributed by atoms with E-state index < -0.39 is 0 Å². The van der Waals surface area contributed by atoms with Crippen LogP contribution in [0, 0.1) is 6.92 Å². The van der Waals surface area contributed by atoms with Crippen LogP contribution in [0.2, 0.25) is 0 Å². The Hall–Kier alpha value is -3.21. The first kappa shape index (κ1) is 17.2. The molecule has 0 saturated carbocycles. The second-order valence-corrected chi connectivity index (χ2v) is 6.46. The molecular formula is C22H21NO4. The molecule has 27 heavy (non-hydrogen) atoms. The fourth-order valence-electron chi connectivity index (χ4n) is 3.54. The van der Waals surface area contributed by atoms with Gasteiger partial charge in [0.2, 0.25) is 5.78 Å². The summed E-state index contributed by atoms with van der Waals surface area (Å²) in [6.45, 7) is 4.81. The Morgan fingerprint density at radius 3 is 2.67 bits per heavy atom. The molecule has 3 aromatic rings. The number of methoxy groups -OCH3 is 2. The summed E-state index contributed by atoms with van der Waals surface area (Å²) >= 11 is 0. The molecule has 0 fully saturated rings. The first-order valence-corrected chi connectivity index (χ1v) is 8.86. The number of hydrogen-bond donors (Lipinski definition) is 0. The van der Waals surface area contributed by atoms with Crippen LogP contribution in [0.3, 0.4) is 0 Å². The fraction of sp³-hybridized carbons (Fsp3) is 0.227. The molecule has 0 aliphatic carbocycles. The minimum absolute atomic E-state index is 0.115. The Morgan fingerprint density at radius 2 is 1.96 bits per heavy atom. The number of benzene rings is 2. The predicted molar refractivity (Wildman–Crippen MR) is 105 cm³/mol. The highest BCUT2D eigenvalue weighted by Crippen LogP contribution is 2.39. The van der Waals surface area contributed by atoms with E-state index >= 15 is 0 Å². The lowest BCUT2D eigenvalue weighted by atomic mass is 10.1. The number of nitrogens with zero attached hydrogens (tertiary/aromatic N) is 1. The Bertz CT molecular complexity index is 1090. The second kappa shape index (κ2) is 6.50. The molecule has 0 amide bonds. The van der Waals surface area contributed by atoms with E-state index in [2.05, 4.69) is 11.5 Å². The second-order valence-electron chi connectivity index (χ2n) is 6.46. The van der Waals surface area contributed by atoms with Crippen molar-refractivity contribution < 1.29 is 19.0 Å². The smallest absolute Gasteiger partial charge is 0.231 e. The van der Waals surface area contributed by atoms with E-state index in [0.717, 1.165) is 34.3 Å². The Morgan fingerprint density at radius 1 is 1.15 bits per heavy atom. The highest BCUT2D eigenvalue weighted by molar-refractivity contribution is 6.15. The third-order valence-corrected chi connectivity index (χ3v) is 5.00. The molecule has 138 valence electrons. The van der Waals surface area contributed by atoms with Crippen LogP contribution in [-0.2, 0) is 6.54 Å². The van der Waals surface area contributed by atoms with Crippen LogP contribution in [0.15, 0.2) is 42.3 Å². The molecule has 0 bridgehead atoms. The van der Waals surface area contributed by atoms with Gasteiger partial charge in [-0.25, -0.2) is 0 Å². The number of hydrogen-bond acceptors (Lipinski definition) is 4. The van der Waals surface area contributed by atoms with E-state index in [4.69, 9.17) is 14.2 Å². The zero-order valence-electron chi connectivity index (χ0n) is 15.8. The van der Waals surface area contributed by atoms with Gasteiger partial charge in [-0.05, 0) is 50.3 Å². The first-order valence-electron chi connectivity index (χ1n) is 8.86. The lowest BCUT2D eigenvalue weighted by Gasteiger charge is -2.07. The van der Waals surface area contributed by atoms with Gasteiger partial charge in [-0.3, -0.25) is 4.79 Å². The maximum absolute atomic E-state index is 12.8. The number of ketones is 1. The summed E-state index contributed by atoms with van der Waals surface area (Å²) in [7, 11) is 3.25. The molecule has 2 aromatic carbocycles. The van der Waals surface area contributed by atoms with Crippen molar-refractivity contribution in [1.82, 2.24) is 4.57 Å². The topological polar surface area (TPSA) is 49.7 Å². The number of carbonyl (C=O) groups excluding carboxylic acids is 1. The molecule has 0 N–H and O–H groups in total. The Balaban J connectivity index is 1.83. The van der Waals surface area contributed by atoms with Crippen molar-refractivity contribution in [3.63, 3.8) is 0 Å². The minimum Gasteiger partial charge on any atom is -0.497 e. The Labute approximate surface area is 157 Å². The van der Waals surface area contributed by atoms with Gasteiger partial charge in [-0.1, -0.05) is 0 Å². The summed E-state index contributed by atoms with van der Waals surface area (Å²) < 4.78 is 18.8. The van der Waals surface area contributed by atoms with Gasteiger partial charge < -0.3 is 18.8 Å². The maximum Gasteiger partial charge on any atom is 0.231 e. The molecule has 0 saturated heterocycles. The number of allylic oxidation sites excluding steroid dienone is 1. The molecule has 0 unspecified atom stereocenters. The zero-order valence-corrected chi connectivity index (χ0v) is 15.8. The fourth-order valence-corrected chi connectivity index (χ4v) is 3.54. The lowest BCUT2D eigenvalue weighted by Crippen LogP contribution is -1.97. The highest BCUT2D eigenvalue weighted by Gasteiger charge is 2.30. The summed E-state index contributed by atoms with van der Waals surface area (Å²) in [6, 6.07) is 9.50. The maximum atomic E-state index is 12.8. The molecule has 0 atom stereocenters. The number of aromatic nitrogens is 1. The SMILES string of the molecule is CCn1cc(C=C2Oc3c(ccc(OC)c3C)C2=O)c2cc(OC)ccc21. The van der Waals surface area contributed by atoms with Gasteiger partial charge in [-0.2, -0.15) is 0 Å². The van der Waals surface area contributed by atoms with Gasteiger partial charge in [0.25, 0.3) is 0 Å². The van der Waals surface area contributed by atoms with Crippen molar-refractivity contribution in [2.24, 2.45) is 0 Å². The largest absolute Gasteiger partial charge is 0.497 e. The molecule has 0 radical (unpaired) electrons. The average Bonchev–Trinajstić information content (AvgIpc) is 3.20. The van der Waals surface area contributed by atoms with Crippen LogP contribution >= 0.6 is 0 Å². The number of aryl methyl sites for hydroxylation is 1. The normalized spacial score (nSPS) is 14.5.